The molecule has 0 aliphatic carbocycles. The molecule has 2 rings (SSSR count). The number of halogens is 1. The van der Waals surface area contributed by atoms with Gasteiger partial charge in [0.2, 0.25) is 0 Å². The summed E-state index contributed by atoms with van der Waals surface area (Å²) in [6, 6.07) is 1.94. The van der Waals surface area contributed by atoms with E-state index in [1.54, 1.807) is 0 Å². The summed E-state index contributed by atoms with van der Waals surface area (Å²) in [6.45, 7) is 6.40. The molecule has 74 valence electrons. The zero-order valence-electron chi connectivity index (χ0n) is 8.56. The van der Waals surface area contributed by atoms with Crippen molar-refractivity contribution in [3.8, 4) is 0 Å². The SMILES string of the molecule is Cc1c(Cl)cc2[nH]ncc2c1C(C)C. The Morgan fingerprint density at radius 2 is 2.14 bits per heavy atom. The first kappa shape index (κ1) is 9.53. The van der Waals surface area contributed by atoms with Gasteiger partial charge in [-0.1, -0.05) is 25.4 Å². The third kappa shape index (κ3) is 1.30. The fourth-order valence-corrected chi connectivity index (χ4v) is 2.14. The monoisotopic (exact) mass is 208 g/mol. The molecule has 1 aromatic carbocycles. The van der Waals surface area contributed by atoms with Crippen molar-refractivity contribution in [3.05, 3.63) is 28.4 Å². The van der Waals surface area contributed by atoms with Crippen LogP contribution in [0.2, 0.25) is 5.02 Å². The van der Waals surface area contributed by atoms with Gasteiger partial charge in [-0.25, -0.2) is 0 Å². The van der Waals surface area contributed by atoms with Gasteiger partial charge in [0.05, 0.1) is 11.7 Å². The summed E-state index contributed by atoms with van der Waals surface area (Å²) < 4.78 is 0. The van der Waals surface area contributed by atoms with Gasteiger partial charge in [0, 0.05) is 10.4 Å². The van der Waals surface area contributed by atoms with Gasteiger partial charge in [0.25, 0.3) is 0 Å². The van der Waals surface area contributed by atoms with Crippen LogP contribution in [-0.2, 0) is 0 Å². The minimum absolute atomic E-state index is 0.466. The lowest BCUT2D eigenvalue weighted by molar-refractivity contribution is 0.867. The van der Waals surface area contributed by atoms with Crippen LogP contribution in [0.5, 0.6) is 0 Å². The van der Waals surface area contributed by atoms with Crippen LogP contribution in [-0.4, -0.2) is 10.2 Å². The number of hydrogen-bond donors (Lipinski definition) is 1. The normalized spacial score (nSPS) is 11.5. The zero-order valence-corrected chi connectivity index (χ0v) is 9.31. The Morgan fingerprint density at radius 1 is 1.43 bits per heavy atom. The first-order valence-electron chi connectivity index (χ1n) is 4.73. The highest BCUT2D eigenvalue weighted by molar-refractivity contribution is 6.32. The fourth-order valence-electron chi connectivity index (χ4n) is 1.93. The van der Waals surface area contributed by atoms with Gasteiger partial charge < -0.3 is 0 Å². The predicted molar refractivity (Wildman–Crippen MR) is 59.9 cm³/mol. The average Bonchev–Trinajstić information content (AvgIpc) is 2.52. The first-order valence-corrected chi connectivity index (χ1v) is 5.11. The van der Waals surface area contributed by atoms with E-state index in [4.69, 9.17) is 11.6 Å². The van der Waals surface area contributed by atoms with Crippen LogP contribution < -0.4 is 0 Å². The fraction of sp³-hybridized carbons (Fsp3) is 0.364. The lowest BCUT2D eigenvalue weighted by atomic mass is 9.94. The molecule has 1 heterocycles. The van der Waals surface area contributed by atoms with Crippen LogP contribution in [0, 0.1) is 6.92 Å². The summed E-state index contributed by atoms with van der Waals surface area (Å²) in [6.07, 6.45) is 1.87. The molecule has 1 N–H and O–H groups in total. The van der Waals surface area contributed by atoms with Crippen molar-refractivity contribution in [2.24, 2.45) is 0 Å². The molecule has 0 atom stereocenters. The van der Waals surface area contributed by atoms with Crippen molar-refractivity contribution < 1.29 is 0 Å². The maximum Gasteiger partial charge on any atom is 0.0668 e. The first-order chi connectivity index (χ1) is 6.61. The molecule has 0 bridgehead atoms. The molecule has 0 aliphatic rings. The van der Waals surface area contributed by atoms with E-state index in [-0.39, 0.29) is 0 Å². The molecule has 0 saturated heterocycles. The Bertz CT molecular complexity index is 471. The summed E-state index contributed by atoms with van der Waals surface area (Å²) in [7, 11) is 0. The van der Waals surface area contributed by atoms with E-state index in [1.807, 2.05) is 12.3 Å². The second-order valence-corrected chi connectivity index (χ2v) is 4.29. The van der Waals surface area contributed by atoms with E-state index >= 15 is 0 Å². The summed E-state index contributed by atoms with van der Waals surface area (Å²) in [4.78, 5) is 0. The van der Waals surface area contributed by atoms with Crippen molar-refractivity contribution in [2.75, 3.05) is 0 Å². The molecule has 0 saturated carbocycles. The highest BCUT2D eigenvalue weighted by Crippen LogP contribution is 2.32. The van der Waals surface area contributed by atoms with E-state index in [9.17, 15) is 0 Å². The second-order valence-electron chi connectivity index (χ2n) is 3.88. The minimum atomic E-state index is 0.466. The molecule has 0 unspecified atom stereocenters. The van der Waals surface area contributed by atoms with E-state index in [1.165, 1.54) is 10.9 Å². The smallest absolute Gasteiger partial charge is 0.0668 e. The van der Waals surface area contributed by atoms with Crippen LogP contribution in [0.25, 0.3) is 10.9 Å². The van der Waals surface area contributed by atoms with E-state index in [2.05, 4.69) is 31.0 Å². The third-order valence-electron chi connectivity index (χ3n) is 2.57. The molecule has 0 aliphatic heterocycles. The standard InChI is InChI=1S/C11H13ClN2/c1-6(2)11-7(3)9(12)4-10-8(11)5-13-14-10/h4-6H,1-3H3,(H,13,14). The molecule has 0 fully saturated rings. The lowest BCUT2D eigenvalue weighted by Crippen LogP contribution is -1.93. The number of fused-ring (bicyclic) bond motifs is 1. The van der Waals surface area contributed by atoms with Crippen molar-refractivity contribution >= 4 is 22.5 Å². The number of hydrogen-bond acceptors (Lipinski definition) is 1. The van der Waals surface area contributed by atoms with Gasteiger partial charge in [0.15, 0.2) is 0 Å². The molecule has 0 amide bonds. The quantitative estimate of drug-likeness (QED) is 0.762. The topological polar surface area (TPSA) is 28.7 Å². The van der Waals surface area contributed by atoms with E-state index in [0.29, 0.717) is 5.92 Å². The van der Waals surface area contributed by atoms with Crippen LogP contribution in [0.4, 0.5) is 0 Å². The molecule has 2 nitrogen and oxygen atoms in total. The van der Waals surface area contributed by atoms with Crippen molar-refractivity contribution in [1.82, 2.24) is 10.2 Å². The molecule has 2 aromatic rings. The molecule has 0 spiro atoms. The number of rotatable bonds is 1. The van der Waals surface area contributed by atoms with Crippen LogP contribution in [0.15, 0.2) is 12.3 Å². The number of nitrogens with zero attached hydrogens (tertiary/aromatic N) is 1. The second kappa shape index (κ2) is 3.28. The number of nitrogens with one attached hydrogen (secondary N) is 1. The van der Waals surface area contributed by atoms with Crippen molar-refractivity contribution in [1.29, 1.82) is 0 Å². The molecular weight excluding hydrogens is 196 g/mol. The Kier molecular flexibility index (Phi) is 2.23. The van der Waals surface area contributed by atoms with Gasteiger partial charge in [-0.2, -0.15) is 5.10 Å². The maximum atomic E-state index is 6.15. The van der Waals surface area contributed by atoms with Gasteiger partial charge >= 0.3 is 0 Å². The van der Waals surface area contributed by atoms with Gasteiger partial charge in [0.1, 0.15) is 0 Å². The summed E-state index contributed by atoms with van der Waals surface area (Å²) in [5.41, 5.74) is 3.47. The zero-order chi connectivity index (χ0) is 10.3. The van der Waals surface area contributed by atoms with Crippen molar-refractivity contribution in [3.63, 3.8) is 0 Å². The highest BCUT2D eigenvalue weighted by Gasteiger charge is 2.12. The Hall–Kier alpha value is -1.02. The molecule has 1 aromatic heterocycles. The lowest BCUT2D eigenvalue weighted by Gasteiger charge is -2.12. The number of aromatic amines is 1. The van der Waals surface area contributed by atoms with Gasteiger partial charge in [-0.15, -0.1) is 0 Å². The predicted octanol–water partition coefficient (Wildman–Crippen LogP) is 3.65. The van der Waals surface area contributed by atoms with Crippen molar-refractivity contribution in [2.45, 2.75) is 26.7 Å². The Labute approximate surface area is 88.3 Å². The van der Waals surface area contributed by atoms with Gasteiger partial charge in [-0.3, -0.25) is 5.10 Å². The Balaban J connectivity index is 2.86. The van der Waals surface area contributed by atoms with Crippen LogP contribution >= 0.6 is 11.6 Å². The third-order valence-corrected chi connectivity index (χ3v) is 2.96. The van der Waals surface area contributed by atoms with E-state index < -0.39 is 0 Å². The molecule has 0 radical (unpaired) electrons. The largest absolute Gasteiger partial charge is 0.278 e. The van der Waals surface area contributed by atoms with E-state index in [0.717, 1.165) is 16.1 Å². The maximum absolute atomic E-state index is 6.15. The molecular formula is C11H13ClN2. The summed E-state index contributed by atoms with van der Waals surface area (Å²) in [5.74, 6) is 0.466. The number of benzene rings is 1. The number of aromatic nitrogens is 2. The van der Waals surface area contributed by atoms with Gasteiger partial charge in [-0.05, 0) is 30.0 Å². The van der Waals surface area contributed by atoms with Crippen LogP contribution in [0.1, 0.15) is 30.9 Å². The highest BCUT2D eigenvalue weighted by atomic mass is 35.5. The molecule has 14 heavy (non-hydrogen) atoms. The minimum Gasteiger partial charge on any atom is -0.278 e. The Morgan fingerprint density at radius 3 is 2.79 bits per heavy atom. The summed E-state index contributed by atoms with van der Waals surface area (Å²) >= 11 is 6.15. The molecule has 3 heteroatoms. The van der Waals surface area contributed by atoms with Crippen LogP contribution in [0.3, 0.4) is 0 Å². The number of H-pyrrole nitrogens is 1. The summed E-state index contributed by atoms with van der Waals surface area (Å²) in [5, 5.41) is 8.98. The average molecular weight is 209 g/mol.